The molecule has 0 radical (unpaired) electrons. The Morgan fingerprint density at radius 2 is 1.86 bits per heavy atom. The lowest BCUT2D eigenvalue weighted by atomic mass is 10.1. The van der Waals surface area contributed by atoms with Crippen LogP contribution in [-0.4, -0.2) is 21.8 Å². The first kappa shape index (κ1) is 20.3. The highest BCUT2D eigenvalue weighted by molar-refractivity contribution is 7.98. The highest BCUT2D eigenvalue weighted by atomic mass is 32.2. The Morgan fingerprint density at radius 1 is 1.11 bits per heavy atom. The van der Waals surface area contributed by atoms with E-state index in [0.717, 1.165) is 23.4 Å². The maximum Gasteiger partial charge on any atom is 0.416 e. The van der Waals surface area contributed by atoms with E-state index >= 15 is 0 Å². The SMILES string of the molecule is COc1ccc(Cn2c(CO)cnc2SCc2cccc(C(F)(F)F)c2)cc1. The summed E-state index contributed by atoms with van der Waals surface area (Å²) in [6.45, 7) is 0.318. The van der Waals surface area contributed by atoms with Crippen LogP contribution in [-0.2, 0) is 25.1 Å². The summed E-state index contributed by atoms with van der Waals surface area (Å²) >= 11 is 1.33. The first-order valence-electron chi connectivity index (χ1n) is 8.48. The minimum Gasteiger partial charge on any atom is -0.497 e. The predicted octanol–water partition coefficient (Wildman–Crippen LogP) is 4.74. The van der Waals surface area contributed by atoms with Crippen molar-refractivity contribution >= 4 is 11.8 Å². The number of imidazole rings is 1. The van der Waals surface area contributed by atoms with Gasteiger partial charge in [-0.25, -0.2) is 4.98 Å². The molecule has 3 rings (SSSR count). The fourth-order valence-corrected chi connectivity index (χ4v) is 3.64. The molecule has 2 aromatic carbocycles. The number of nitrogens with zero attached hydrogens (tertiary/aromatic N) is 2. The molecule has 0 fully saturated rings. The van der Waals surface area contributed by atoms with Crippen molar-refractivity contribution in [1.29, 1.82) is 0 Å². The first-order chi connectivity index (χ1) is 13.4. The molecular formula is C20H19F3N2O2S. The highest BCUT2D eigenvalue weighted by Gasteiger charge is 2.30. The zero-order valence-electron chi connectivity index (χ0n) is 15.1. The standard InChI is InChI=1S/C20H19F3N2O2S/c1-27-18-7-5-14(6-8-18)11-25-17(12-26)10-24-19(25)28-13-15-3-2-4-16(9-15)20(21,22)23/h2-10,26H,11-13H2,1H3. The Balaban J connectivity index is 1.76. The summed E-state index contributed by atoms with van der Waals surface area (Å²) in [5, 5.41) is 10.2. The van der Waals surface area contributed by atoms with Gasteiger partial charge < -0.3 is 14.4 Å². The molecule has 0 aliphatic heterocycles. The van der Waals surface area contributed by atoms with E-state index < -0.39 is 11.7 Å². The molecule has 1 heterocycles. The lowest BCUT2D eigenvalue weighted by Gasteiger charge is -2.12. The lowest BCUT2D eigenvalue weighted by molar-refractivity contribution is -0.137. The van der Waals surface area contributed by atoms with Crippen molar-refractivity contribution in [2.75, 3.05) is 7.11 Å². The van der Waals surface area contributed by atoms with Gasteiger partial charge in [-0.2, -0.15) is 13.2 Å². The Morgan fingerprint density at radius 3 is 2.50 bits per heavy atom. The maximum atomic E-state index is 12.9. The van der Waals surface area contributed by atoms with Gasteiger partial charge in [-0.15, -0.1) is 0 Å². The molecule has 0 aliphatic rings. The van der Waals surface area contributed by atoms with E-state index in [2.05, 4.69) is 4.98 Å². The van der Waals surface area contributed by atoms with Crippen LogP contribution in [0, 0.1) is 0 Å². The maximum absolute atomic E-state index is 12.9. The topological polar surface area (TPSA) is 47.3 Å². The third kappa shape index (κ3) is 4.88. The van der Waals surface area contributed by atoms with Crippen molar-refractivity contribution in [1.82, 2.24) is 9.55 Å². The van der Waals surface area contributed by atoms with Gasteiger partial charge in [0.2, 0.25) is 0 Å². The number of rotatable bonds is 7. The summed E-state index contributed by atoms with van der Waals surface area (Å²) < 4.78 is 45.7. The molecule has 1 N–H and O–H groups in total. The van der Waals surface area contributed by atoms with Crippen LogP contribution in [0.4, 0.5) is 13.2 Å². The zero-order chi connectivity index (χ0) is 20.1. The van der Waals surface area contributed by atoms with Gasteiger partial charge in [0.15, 0.2) is 5.16 Å². The number of alkyl halides is 3. The molecule has 0 unspecified atom stereocenters. The van der Waals surface area contributed by atoms with Gasteiger partial charge in [-0.1, -0.05) is 42.1 Å². The molecule has 28 heavy (non-hydrogen) atoms. The van der Waals surface area contributed by atoms with E-state index in [1.165, 1.54) is 17.8 Å². The van der Waals surface area contributed by atoms with Crippen molar-refractivity contribution in [3.05, 3.63) is 77.1 Å². The number of methoxy groups -OCH3 is 1. The largest absolute Gasteiger partial charge is 0.497 e. The third-order valence-corrected chi connectivity index (χ3v) is 5.25. The Hall–Kier alpha value is -2.45. The molecule has 0 atom stereocenters. The summed E-state index contributed by atoms with van der Waals surface area (Å²) in [4.78, 5) is 4.32. The number of hydrogen-bond donors (Lipinski definition) is 1. The quantitative estimate of drug-likeness (QED) is 0.574. The van der Waals surface area contributed by atoms with E-state index in [9.17, 15) is 18.3 Å². The molecule has 3 aromatic rings. The Kier molecular flexibility index (Phi) is 6.31. The monoisotopic (exact) mass is 408 g/mol. The van der Waals surface area contributed by atoms with Crippen molar-refractivity contribution in [3.8, 4) is 5.75 Å². The van der Waals surface area contributed by atoms with Crippen LogP contribution in [0.25, 0.3) is 0 Å². The molecule has 8 heteroatoms. The van der Waals surface area contributed by atoms with E-state index in [0.29, 0.717) is 28.7 Å². The fraction of sp³-hybridized carbons (Fsp3) is 0.250. The van der Waals surface area contributed by atoms with Crippen LogP contribution < -0.4 is 4.74 Å². The number of ether oxygens (including phenoxy) is 1. The Labute approximate surface area is 165 Å². The number of hydrogen-bond acceptors (Lipinski definition) is 4. The number of benzene rings is 2. The second-order valence-corrected chi connectivity index (χ2v) is 7.05. The van der Waals surface area contributed by atoms with Crippen LogP contribution >= 0.6 is 11.8 Å². The van der Waals surface area contributed by atoms with Gasteiger partial charge in [0.1, 0.15) is 5.75 Å². The smallest absolute Gasteiger partial charge is 0.416 e. The van der Waals surface area contributed by atoms with Crippen LogP contribution in [0.1, 0.15) is 22.4 Å². The molecular weight excluding hydrogens is 389 g/mol. The van der Waals surface area contributed by atoms with E-state index in [1.807, 2.05) is 28.8 Å². The number of aliphatic hydroxyl groups is 1. The summed E-state index contributed by atoms with van der Waals surface area (Å²) in [6, 6.07) is 12.8. The second-order valence-electron chi connectivity index (χ2n) is 6.11. The third-order valence-electron chi connectivity index (χ3n) is 4.19. The van der Waals surface area contributed by atoms with Crippen LogP contribution in [0.3, 0.4) is 0 Å². The Bertz CT molecular complexity index is 924. The van der Waals surface area contributed by atoms with Crippen molar-refractivity contribution < 1.29 is 23.0 Å². The molecule has 4 nitrogen and oxygen atoms in total. The molecule has 0 aliphatic carbocycles. The number of aromatic nitrogens is 2. The van der Waals surface area contributed by atoms with E-state index in [-0.39, 0.29) is 6.61 Å². The highest BCUT2D eigenvalue weighted by Crippen LogP contribution is 2.31. The second kappa shape index (κ2) is 8.70. The number of aliphatic hydroxyl groups excluding tert-OH is 1. The van der Waals surface area contributed by atoms with Crippen molar-refractivity contribution in [2.45, 2.75) is 30.2 Å². The van der Waals surface area contributed by atoms with Gasteiger partial charge in [-0.05, 0) is 29.3 Å². The molecule has 0 bridgehead atoms. The average molecular weight is 408 g/mol. The number of halogens is 3. The van der Waals surface area contributed by atoms with Gasteiger partial charge in [0, 0.05) is 12.3 Å². The van der Waals surface area contributed by atoms with E-state index in [1.54, 1.807) is 19.4 Å². The summed E-state index contributed by atoms with van der Waals surface area (Å²) in [5.74, 6) is 1.09. The molecule has 0 spiro atoms. The zero-order valence-corrected chi connectivity index (χ0v) is 15.9. The summed E-state index contributed by atoms with van der Waals surface area (Å²) in [7, 11) is 1.59. The van der Waals surface area contributed by atoms with Crippen molar-refractivity contribution in [3.63, 3.8) is 0 Å². The number of thioether (sulfide) groups is 1. The van der Waals surface area contributed by atoms with Crippen molar-refractivity contribution in [2.24, 2.45) is 0 Å². The molecule has 0 saturated heterocycles. The van der Waals surface area contributed by atoms with Gasteiger partial charge in [0.05, 0.1) is 31.2 Å². The molecule has 1 aromatic heterocycles. The lowest BCUT2D eigenvalue weighted by Crippen LogP contribution is -2.06. The molecule has 0 saturated carbocycles. The minimum absolute atomic E-state index is 0.173. The van der Waals surface area contributed by atoms with Crippen LogP contribution in [0.5, 0.6) is 5.75 Å². The average Bonchev–Trinajstić information content (AvgIpc) is 3.08. The first-order valence-corrected chi connectivity index (χ1v) is 9.46. The molecule has 0 amide bonds. The summed E-state index contributed by atoms with van der Waals surface area (Å²) in [5.41, 5.74) is 1.53. The normalized spacial score (nSPS) is 11.6. The summed E-state index contributed by atoms with van der Waals surface area (Å²) in [6.07, 6.45) is -2.78. The predicted molar refractivity (Wildman–Crippen MR) is 101 cm³/mol. The van der Waals surface area contributed by atoms with Gasteiger partial charge in [-0.3, -0.25) is 0 Å². The van der Waals surface area contributed by atoms with Gasteiger partial charge >= 0.3 is 6.18 Å². The van der Waals surface area contributed by atoms with Gasteiger partial charge in [0.25, 0.3) is 0 Å². The van der Waals surface area contributed by atoms with Crippen LogP contribution in [0.2, 0.25) is 0 Å². The minimum atomic E-state index is -4.36. The van der Waals surface area contributed by atoms with Crippen LogP contribution in [0.15, 0.2) is 59.9 Å². The molecule has 148 valence electrons. The fourth-order valence-electron chi connectivity index (χ4n) is 2.70. The van der Waals surface area contributed by atoms with E-state index in [4.69, 9.17) is 4.74 Å².